The molecule has 5 nitrogen and oxygen atoms in total. The van der Waals surface area contributed by atoms with Gasteiger partial charge in [0.05, 0.1) is 10.5 Å². The molecule has 1 amide bonds. The fourth-order valence-corrected chi connectivity index (χ4v) is 7.42. The highest BCUT2D eigenvalue weighted by Crippen LogP contribution is 2.38. The summed E-state index contributed by atoms with van der Waals surface area (Å²) < 4.78 is 68.3. The summed E-state index contributed by atoms with van der Waals surface area (Å²) in [7, 11) is -4.12. The molecule has 1 heterocycles. The van der Waals surface area contributed by atoms with E-state index in [-0.39, 0.29) is 28.8 Å². The Hall–Kier alpha value is -3.17. The summed E-state index contributed by atoms with van der Waals surface area (Å²) in [6.45, 7) is 0.808. The van der Waals surface area contributed by atoms with Crippen LogP contribution in [0.3, 0.4) is 0 Å². The SMILES string of the molecule is O=C(CC(c1ccccc1)c1ccccc1)N1CCC(N(C2CC2)S(=O)(=O)c2cccc(C(F)(F)F)c2)CC1. The Kier molecular flexibility index (Phi) is 7.82. The van der Waals surface area contributed by atoms with E-state index in [0.29, 0.717) is 45.2 Å². The van der Waals surface area contributed by atoms with Crippen LogP contribution in [0.4, 0.5) is 13.2 Å². The van der Waals surface area contributed by atoms with Gasteiger partial charge in [-0.1, -0.05) is 66.7 Å². The molecule has 3 aromatic carbocycles. The van der Waals surface area contributed by atoms with Crippen molar-refractivity contribution in [3.8, 4) is 0 Å². The molecule has 0 bridgehead atoms. The lowest BCUT2D eigenvalue weighted by Crippen LogP contribution is -2.49. The lowest BCUT2D eigenvalue weighted by atomic mass is 9.88. The molecule has 206 valence electrons. The number of amides is 1. The van der Waals surface area contributed by atoms with Gasteiger partial charge in [-0.05, 0) is 55.0 Å². The molecule has 9 heteroatoms. The van der Waals surface area contributed by atoms with Crippen LogP contribution in [-0.2, 0) is 21.0 Å². The summed E-state index contributed by atoms with van der Waals surface area (Å²) in [6, 6.07) is 23.2. The fourth-order valence-electron chi connectivity index (χ4n) is 5.45. The van der Waals surface area contributed by atoms with Crippen molar-refractivity contribution in [3.63, 3.8) is 0 Å². The molecule has 2 aliphatic rings. The standard InChI is InChI=1S/C30H31F3N2O3S/c31-30(32,33)24-12-7-13-27(20-24)39(37,38)35(25-14-15-25)26-16-18-34(19-17-26)29(36)21-28(22-8-3-1-4-9-22)23-10-5-2-6-11-23/h1-13,20,25-26,28H,14-19,21H2. The van der Waals surface area contributed by atoms with Crippen LogP contribution in [0.15, 0.2) is 89.8 Å². The van der Waals surface area contributed by atoms with E-state index in [1.165, 1.54) is 10.4 Å². The predicted molar refractivity (Wildman–Crippen MR) is 142 cm³/mol. The molecule has 3 aromatic rings. The molecule has 0 radical (unpaired) electrons. The van der Waals surface area contributed by atoms with E-state index in [0.717, 1.165) is 29.3 Å². The molecule has 39 heavy (non-hydrogen) atoms. The highest BCUT2D eigenvalue weighted by Gasteiger charge is 2.44. The normalized spacial score (nSPS) is 17.1. The summed E-state index contributed by atoms with van der Waals surface area (Å²) in [5, 5.41) is 0. The number of piperidine rings is 1. The van der Waals surface area contributed by atoms with Crippen molar-refractivity contribution in [3.05, 3.63) is 102 Å². The zero-order chi connectivity index (χ0) is 27.6. The Morgan fingerprint density at radius 3 is 1.87 bits per heavy atom. The maximum Gasteiger partial charge on any atom is 0.416 e. The van der Waals surface area contributed by atoms with E-state index in [1.807, 2.05) is 60.7 Å². The third-order valence-corrected chi connectivity index (χ3v) is 9.60. The summed E-state index contributed by atoms with van der Waals surface area (Å²) in [5.41, 5.74) is 1.13. The van der Waals surface area contributed by atoms with Crippen LogP contribution in [0.2, 0.25) is 0 Å². The molecule has 1 saturated heterocycles. The van der Waals surface area contributed by atoms with Crippen molar-refractivity contribution < 1.29 is 26.4 Å². The summed E-state index contributed by atoms with van der Waals surface area (Å²) in [5.74, 6) is -0.0910. The molecule has 0 N–H and O–H groups in total. The zero-order valence-corrected chi connectivity index (χ0v) is 22.2. The number of carbonyl (C=O) groups excluding carboxylic acids is 1. The molecule has 0 unspecified atom stereocenters. The van der Waals surface area contributed by atoms with E-state index >= 15 is 0 Å². The first-order valence-corrected chi connectivity index (χ1v) is 14.7. The van der Waals surface area contributed by atoms with Crippen LogP contribution in [0.25, 0.3) is 0 Å². The maximum atomic E-state index is 13.5. The number of hydrogen-bond acceptors (Lipinski definition) is 3. The third kappa shape index (κ3) is 6.20. The van der Waals surface area contributed by atoms with Gasteiger partial charge < -0.3 is 4.90 Å². The molecule has 5 rings (SSSR count). The van der Waals surface area contributed by atoms with Gasteiger partial charge in [0.15, 0.2) is 0 Å². The zero-order valence-electron chi connectivity index (χ0n) is 21.4. The number of likely N-dealkylation sites (tertiary alicyclic amines) is 1. The summed E-state index contributed by atoms with van der Waals surface area (Å²) in [4.78, 5) is 14.9. The van der Waals surface area contributed by atoms with Crippen LogP contribution < -0.4 is 0 Å². The second-order valence-electron chi connectivity index (χ2n) is 10.3. The number of benzene rings is 3. The van der Waals surface area contributed by atoms with Crippen molar-refractivity contribution in [1.82, 2.24) is 9.21 Å². The number of nitrogens with zero attached hydrogens (tertiary/aromatic N) is 2. The molecule has 1 saturated carbocycles. The summed E-state index contributed by atoms with van der Waals surface area (Å²) >= 11 is 0. The van der Waals surface area contributed by atoms with E-state index in [2.05, 4.69) is 0 Å². The molecule has 2 fully saturated rings. The minimum atomic E-state index is -4.63. The number of sulfonamides is 1. The minimum absolute atomic E-state index is 0.00450. The Morgan fingerprint density at radius 1 is 0.821 bits per heavy atom. The molecular formula is C30H31F3N2O3S. The van der Waals surface area contributed by atoms with Crippen molar-refractivity contribution >= 4 is 15.9 Å². The Morgan fingerprint density at radius 2 is 1.36 bits per heavy atom. The van der Waals surface area contributed by atoms with Gasteiger partial charge in [-0.2, -0.15) is 17.5 Å². The second kappa shape index (κ2) is 11.1. The number of halogens is 3. The van der Waals surface area contributed by atoms with E-state index < -0.39 is 21.8 Å². The average Bonchev–Trinajstić information content (AvgIpc) is 3.77. The van der Waals surface area contributed by atoms with Gasteiger partial charge in [0.25, 0.3) is 0 Å². The second-order valence-corrected chi connectivity index (χ2v) is 12.1. The van der Waals surface area contributed by atoms with Gasteiger partial charge in [0.1, 0.15) is 0 Å². The van der Waals surface area contributed by atoms with Gasteiger partial charge in [-0.25, -0.2) is 8.42 Å². The van der Waals surface area contributed by atoms with Crippen molar-refractivity contribution in [2.24, 2.45) is 0 Å². The van der Waals surface area contributed by atoms with Crippen molar-refractivity contribution in [2.75, 3.05) is 13.1 Å². The van der Waals surface area contributed by atoms with Crippen molar-refractivity contribution in [1.29, 1.82) is 0 Å². The lowest BCUT2D eigenvalue weighted by Gasteiger charge is -2.38. The molecule has 0 spiro atoms. The Balaban J connectivity index is 1.29. The first kappa shape index (κ1) is 27.4. The largest absolute Gasteiger partial charge is 0.416 e. The van der Waals surface area contributed by atoms with Gasteiger partial charge >= 0.3 is 6.18 Å². The van der Waals surface area contributed by atoms with Gasteiger partial charge in [0, 0.05) is 37.5 Å². The van der Waals surface area contributed by atoms with Gasteiger partial charge in [0.2, 0.25) is 15.9 Å². The number of hydrogen-bond donors (Lipinski definition) is 0. The molecule has 1 aliphatic heterocycles. The quantitative estimate of drug-likeness (QED) is 0.338. The van der Waals surface area contributed by atoms with Gasteiger partial charge in [-0.3, -0.25) is 4.79 Å². The summed E-state index contributed by atoms with van der Waals surface area (Å²) in [6.07, 6.45) is -2.06. The van der Waals surface area contributed by atoms with Crippen LogP contribution in [0, 0.1) is 0 Å². The first-order chi connectivity index (χ1) is 18.6. The maximum absolute atomic E-state index is 13.5. The highest BCUT2D eigenvalue weighted by atomic mass is 32.2. The topological polar surface area (TPSA) is 57.7 Å². The van der Waals surface area contributed by atoms with E-state index in [4.69, 9.17) is 0 Å². The smallest absolute Gasteiger partial charge is 0.343 e. The molecule has 0 aromatic heterocycles. The number of alkyl halides is 3. The van der Waals surface area contributed by atoms with Crippen LogP contribution in [-0.4, -0.2) is 48.7 Å². The van der Waals surface area contributed by atoms with Crippen molar-refractivity contribution in [2.45, 2.75) is 61.2 Å². The number of rotatable bonds is 8. The van der Waals surface area contributed by atoms with Crippen LogP contribution >= 0.6 is 0 Å². The average molecular weight is 557 g/mol. The third-order valence-electron chi connectivity index (χ3n) is 7.60. The fraction of sp³-hybridized carbons (Fsp3) is 0.367. The first-order valence-electron chi connectivity index (χ1n) is 13.2. The molecule has 0 atom stereocenters. The molecule has 1 aliphatic carbocycles. The van der Waals surface area contributed by atoms with E-state index in [1.54, 1.807) is 4.90 Å². The Bertz CT molecular complexity index is 1350. The monoisotopic (exact) mass is 556 g/mol. The highest BCUT2D eigenvalue weighted by molar-refractivity contribution is 7.89. The molecular weight excluding hydrogens is 525 g/mol. The minimum Gasteiger partial charge on any atom is -0.343 e. The lowest BCUT2D eigenvalue weighted by molar-refractivity contribution is -0.137. The van der Waals surface area contributed by atoms with Crippen LogP contribution in [0.5, 0.6) is 0 Å². The Labute approximate surface area is 227 Å². The van der Waals surface area contributed by atoms with E-state index in [9.17, 15) is 26.4 Å². The number of carbonyl (C=O) groups is 1. The van der Waals surface area contributed by atoms with Crippen LogP contribution in [0.1, 0.15) is 54.7 Å². The predicted octanol–water partition coefficient (Wildman–Crippen LogP) is 6.07. The van der Waals surface area contributed by atoms with Gasteiger partial charge in [-0.15, -0.1) is 0 Å².